The zero-order chi connectivity index (χ0) is 22.0. The van der Waals surface area contributed by atoms with Crippen molar-refractivity contribution in [2.24, 2.45) is 0 Å². The first-order chi connectivity index (χ1) is 14.9. The minimum Gasteiger partial charge on any atom is -0.494 e. The highest BCUT2D eigenvalue weighted by Gasteiger charge is 2.30. The molecule has 0 unspecified atom stereocenters. The van der Waals surface area contributed by atoms with Crippen LogP contribution in [-0.4, -0.2) is 35.9 Å². The van der Waals surface area contributed by atoms with Crippen molar-refractivity contribution in [1.29, 1.82) is 0 Å². The molecular weight excluding hydrogens is 423 g/mol. The maximum Gasteiger partial charge on any atom is 0.346 e. The average molecular weight is 447 g/mol. The molecule has 3 aromatic rings. The maximum atomic E-state index is 13.3. The predicted octanol–water partition coefficient (Wildman–Crippen LogP) is 2.56. The van der Waals surface area contributed by atoms with Crippen molar-refractivity contribution in [1.82, 2.24) is 19.1 Å². The molecule has 31 heavy (non-hydrogen) atoms. The monoisotopic (exact) mass is 446 g/mol. The Balaban J connectivity index is 1.49. The molecule has 0 bridgehead atoms. The third-order valence-electron chi connectivity index (χ3n) is 4.95. The van der Waals surface area contributed by atoms with Crippen LogP contribution in [0.3, 0.4) is 0 Å². The Morgan fingerprint density at radius 3 is 2.42 bits per heavy atom. The third-order valence-corrected chi connectivity index (χ3v) is 6.42. The molecule has 0 saturated heterocycles. The summed E-state index contributed by atoms with van der Waals surface area (Å²) in [6.45, 7) is 2.41. The molecule has 1 heterocycles. The van der Waals surface area contributed by atoms with Gasteiger partial charge in [0.1, 0.15) is 11.6 Å². The summed E-state index contributed by atoms with van der Waals surface area (Å²) in [6.07, 6.45) is 1.76. The first-order valence-electron chi connectivity index (χ1n) is 10.1. The minimum atomic E-state index is -3.74. The second-order valence-corrected chi connectivity index (χ2v) is 9.01. The summed E-state index contributed by atoms with van der Waals surface area (Å²) in [7, 11) is -3.74. The second-order valence-electron chi connectivity index (χ2n) is 7.24. The van der Waals surface area contributed by atoms with Crippen molar-refractivity contribution >= 4 is 10.0 Å². The Kier molecular flexibility index (Phi) is 5.92. The molecule has 164 valence electrons. The molecule has 1 aliphatic carbocycles. The molecule has 4 rings (SSSR count). The lowest BCUT2D eigenvalue weighted by Gasteiger charge is -2.08. The van der Waals surface area contributed by atoms with E-state index < -0.39 is 10.0 Å². The molecule has 1 aliphatic rings. The molecule has 2 aromatic carbocycles. The zero-order valence-corrected chi connectivity index (χ0v) is 17.8. The normalized spacial score (nSPS) is 14.0. The largest absolute Gasteiger partial charge is 0.494 e. The number of ether oxygens (including phenoxy) is 1. The fourth-order valence-corrected chi connectivity index (χ4v) is 4.30. The highest BCUT2D eigenvalue weighted by Crippen LogP contribution is 2.36. The van der Waals surface area contributed by atoms with E-state index in [4.69, 9.17) is 4.74 Å². The van der Waals surface area contributed by atoms with Crippen LogP contribution in [0.2, 0.25) is 0 Å². The Labute approximate surface area is 179 Å². The van der Waals surface area contributed by atoms with Crippen LogP contribution in [-0.2, 0) is 16.6 Å². The number of nitrogens with one attached hydrogen (secondary N) is 1. The molecule has 10 heteroatoms. The van der Waals surface area contributed by atoms with Crippen LogP contribution in [0, 0.1) is 5.82 Å². The summed E-state index contributed by atoms with van der Waals surface area (Å²) in [5.41, 5.74) is 0.334. The van der Waals surface area contributed by atoms with Gasteiger partial charge in [-0.2, -0.15) is 0 Å². The number of benzene rings is 2. The van der Waals surface area contributed by atoms with Crippen molar-refractivity contribution in [3.63, 3.8) is 0 Å². The van der Waals surface area contributed by atoms with Gasteiger partial charge in [-0.1, -0.05) is 0 Å². The van der Waals surface area contributed by atoms with Gasteiger partial charge in [-0.25, -0.2) is 27.0 Å². The van der Waals surface area contributed by atoms with Crippen molar-refractivity contribution in [2.75, 3.05) is 13.2 Å². The molecule has 0 radical (unpaired) electrons. The highest BCUT2D eigenvalue weighted by atomic mass is 32.2. The standard InChI is InChI=1S/C21H23FN4O4S/c1-2-30-18-9-11-19(12-10-18)31(28,29)23-13-14-25-21(27)26(17-7-8-17)20(24-25)15-3-5-16(22)6-4-15/h3-6,9-12,17,23H,2,7-8,13-14H2,1H3. The lowest BCUT2D eigenvalue weighted by molar-refractivity contribution is 0.340. The number of halogens is 1. The molecule has 0 atom stereocenters. The van der Waals surface area contributed by atoms with E-state index in [1.54, 1.807) is 28.8 Å². The van der Waals surface area contributed by atoms with E-state index in [0.29, 0.717) is 23.7 Å². The molecule has 1 aromatic heterocycles. The smallest absolute Gasteiger partial charge is 0.346 e. The second kappa shape index (κ2) is 8.64. The Morgan fingerprint density at radius 2 is 1.81 bits per heavy atom. The molecule has 0 spiro atoms. The van der Waals surface area contributed by atoms with Crippen LogP contribution in [0.1, 0.15) is 25.8 Å². The van der Waals surface area contributed by atoms with Gasteiger partial charge in [0.2, 0.25) is 10.0 Å². The lowest BCUT2D eigenvalue weighted by Crippen LogP contribution is -2.32. The van der Waals surface area contributed by atoms with E-state index in [2.05, 4.69) is 9.82 Å². The maximum absolute atomic E-state index is 13.3. The molecule has 1 fully saturated rings. The van der Waals surface area contributed by atoms with Crippen molar-refractivity contribution in [2.45, 2.75) is 37.2 Å². The van der Waals surface area contributed by atoms with E-state index >= 15 is 0 Å². The Hall–Kier alpha value is -2.98. The number of rotatable bonds is 9. The van der Waals surface area contributed by atoms with Crippen LogP contribution in [0.5, 0.6) is 5.75 Å². The van der Waals surface area contributed by atoms with E-state index in [-0.39, 0.29) is 35.5 Å². The molecule has 1 saturated carbocycles. The van der Waals surface area contributed by atoms with E-state index in [1.165, 1.54) is 28.9 Å². The van der Waals surface area contributed by atoms with Gasteiger partial charge < -0.3 is 4.74 Å². The summed E-state index contributed by atoms with van der Waals surface area (Å²) in [5.74, 6) is 0.681. The number of hydrogen-bond acceptors (Lipinski definition) is 5. The van der Waals surface area contributed by atoms with E-state index in [1.807, 2.05) is 6.92 Å². The van der Waals surface area contributed by atoms with E-state index in [0.717, 1.165) is 12.8 Å². The van der Waals surface area contributed by atoms with E-state index in [9.17, 15) is 17.6 Å². The summed E-state index contributed by atoms with van der Waals surface area (Å²) in [6, 6.07) is 12.0. The molecular formula is C21H23FN4O4S. The van der Waals surface area contributed by atoms with Gasteiger partial charge >= 0.3 is 5.69 Å². The minimum absolute atomic E-state index is 0.0000107. The first-order valence-corrected chi connectivity index (χ1v) is 11.5. The third kappa shape index (κ3) is 4.70. The van der Waals surface area contributed by atoms with Gasteiger partial charge in [0.05, 0.1) is 18.0 Å². The number of hydrogen-bond donors (Lipinski definition) is 1. The molecule has 8 nitrogen and oxygen atoms in total. The summed E-state index contributed by atoms with van der Waals surface area (Å²) < 4.78 is 49.0. The van der Waals surface area contributed by atoms with Crippen LogP contribution >= 0.6 is 0 Å². The zero-order valence-electron chi connectivity index (χ0n) is 17.0. The van der Waals surface area contributed by atoms with Gasteiger partial charge in [0.25, 0.3) is 0 Å². The quantitative estimate of drug-likeness (QED) is 0.545. The first kappa shape index (κ1) is 21.3. The number of aromatic nitrogens is 3. The molecule has 0 amide bonds. The van der Waals surface area contributed by atoms with Crippen LogP contribution < -0.4 is 15.1 Å². The van der Waals surface area contributed by atoms with Gasteiger partial charge in [-0.3, -0.25) is 4.57 Å². The summed E-state index contributed by atoms with van der Waals surface area (Å²) in [4.78, 5) is 12.9. The van der Waals surface area contributed by atoms with Gasteiger partial charge in [0.15, 0.2) is 5.82 Å². The highest BCUT2D eigenvalue weighted by molar-refractivity contribution is 7.89. The van der Waals surface area contributed by atoms with Gasteiger partial charge in [-0.15, -0.1) is 5.10 Å². The van der Waals surface area contributed by atoms with Crippen molar-refractivity contribution in [3.05, 3.63) is 64.8 Å². The van der Waals surface area contributed by atoms with Crippen LogP contribution in [0.4, 0.5) is 4.39 Å². The fraction of sp³-hybridized carbons (Fsp3) is 0.333. The molecule has 0 aliphatic heterocycles. The number of nitrogens with zero attached hydrogens (tertiary/aromatic N) is 3. The predicted molar refractivity (Wildman–Crippen MR) is 113 cm³/mol. The summed E-state index contributed by atoms with van der Waals surface area (Å²) >= 11 is 0. The fourth-order valence-electron chi connectivity index (χ4n) is 3.27. The Bertz CT molecular complexity index is 1210. The van der Waals surface area contributed by atoms with Gasteiger partial charge in [-0.05, 0) is 68.3 Å². The van der Waals surface area contributed by atoms with Crippen LogP contribution in [0.25, 0.3) is 11.4 Å². The Morgan fingerprint density at radius 1 is 1.13 bits per heavy atom. The van der Waals surface area contributed by atoms with Gasteiger partial charge in [0, 0.05) is 18.2 Å². The van der Waals surface area contributed by atoms with Crippen molar-refractivity contribution in [3.8, 4) is 17.1 Å². The molecule has 1 N–H and O–H groups in total. The lowest BCUT2D eigenvalue weighted by atomic mass is 10.2. The summed E-state index contributed by atoms with van der Waals surface area (Å²) in [5, 5.41) is 4.39. The topological polar surface area (TPSA) is 95.2 Å². The van der Waals surface area contributed by atoms with Crippen LogP contribution in [0.15, 0.2) is 58.2 Å². The SMILES string of the molecule is CCOc1ccc(S(=O)(=O)NCCn2nc(-c3ccc(F)cc3)n(C3CC3)c2=O)cc1. The number of sulfonamides is 1. The van der Waals surface area contributed by atoms with Crippen molar-refractivity contribution < 1.29 is 17.5 Å². The average Bonchev–Trinajstić information content (AvgIpc) is 3.53.